The van der Waals surface area contributed by atoms with Crippen molar-refractivity contribution in [2.24, 2.45) is 0 Å². The van der Waals surface area contributed by atoms with Crippen LogP contribution in [0.25, 0.3) is 15.9 Å². The third-order valence-corrected chi connectivity index (χ3v) is 5.76. The summed E-state index contributed by atoms with van der Waals surface area (Å²) in [6, 6.07) is 15.5. The molecule has 0 aliphatic carbocycles. The van der Waals surface area contributed by atoms with Crippen molar-refractivity contribution in [3.05, 3.63) is 75.1 Å². The molecule has 11 heteroatoms. The first kappa shape index (κ1) is 22.6. The molecule has 0 saturated heterocycles. The minimum Gasteiger partial charge on any atom is -0.481 e. The zero-order valence-electron chi connectivity index (χ0n) is 17.3. The maximum atomic E-state index is 12.7. The largest absolute Gasteiger partial charge is 0.481 e. The quantitative estimate of drug-likeness (QED) is 0.363. The number of nitrogens with zero attached hydrogens (tertiary/aromatic N) is 3. The maximum absolute atomic E-state index is 12.7. The van der Waals surface area contributed by atoms with Crippen molar-refractivity contribution in [1.82, 2.24) is 14.8 Å². The predicted octanol–water partition coefficient (Wildman–Crippen LogP) is 3.80. The van der Waals surface area contributed by atoms with Crippen molar-refractivity contribution in [2.75, 3.05) is 18.5 Å². The van der Waals surface area contributed by atoms with Crippen molar-refractivity contribution in [3.63, 3.8) is 0 Å². The summed E-state index contributed by atoms with van der Waals surface area (Å²) in [6.07, 6.45) is 0. The molecule has 1 amide bonds. The Balaban J connectivity index is 1.56. The van der Waals surface area contributed by atoms with Gasteiger partial charge >= 0.3 is 5.97 Å². The number of anilines is 1. The number of rotatable bonds is 7. The number of thiazole rings is 1. The van der Waals surface area contributed by atoms with E-state index in [1.54, 1.807) is 31.2 Å². The van der Waals surface area contributed by atoms with Crippen LogP contribution in [0.1, 0.15) is 17.4 Å². The maximum Gasteiger partial charge on any atom is 0.362 e. The number of nitrogens with one attached hydrogen (secondary N) is 1. The van der Waals surface area contributed by atoms with Crippen LogP contribution in [0, 0.1) is 0 Å². The summed E-state index contributed by atoms with van der Waals surface area (Å²) < 4.78 is 13.3. The van der Waals surface area contributed by atoms with Crippen LogP contribution in [0.3, 0.4) is 0 Å². The van der Waals surface area contributed by atoms with Crippen molar-refractivity contribution in [2.45, 2.75) is 6.92 Å². The second kappa shape index (κ2) is 9.92. The Morgan fingerprint density at radius 2 is 1.97 bits per heavy atom. The number of ether oxygens (including phenoxy) is 2. The fourth-order valence-corrected chi connectivity index (χ4v) is 4.18. The number of hydrogen-bond acceptors (Lipinski definition) is 8. The lowest BCUT2D eigenvalue weighted by Gasteiger charge is -2.12. The molecule has 2 aromatic carbocycles. The molecule has 0 unspecified atom stereocenters. The van der Waals surface area contributed by atoms with E-state index in [4.69, 9.17) is 9.47 Å². The molecule has 0 aliphatic rings. The van der Waals surface area contributed by atoms with Gasteiger partial charge in [-0.2, -0.15) is 9.78 Å². The van der Waals surface area contributed by atoms with Gasteiger partial charge in [0.05, 0.1) is 28.6 Å². The van der Waals surface area contributed by atoms with Crippen LogP contribution in [-0.4, -0.2) is 39.9 Å². The van der Waals surface area contributed by atoms with Crippen LogP contribution in [0.5, 0.6) is 5.75 Å². The molecular formula is C22H17BrN4O5S. The first-order valence-electron chi connectivity index (χ1n) is 9.80. The summed E-state index contributed by atoms with van der Waals surface area (Å²) >= 11 is 4.66. The van der Waals surface area contributed by atoms with E-state index in [0.717, 1.165) is 25.4 Å². The summed E-state index contributed by atoms with van der Waals surface area (Å²) in [5.74, 6) is -1.42. The number of carbonyl (C=O) groups is 2. The predicted molar refractivity (Wildman–Crippen MR) is 127 cm³/mol. The van der Waals surface area contributed by atoms with Crippen LogP contribution >= 0.6 is 27.3 Å². The average Bonchev–Trinajstić information content (AvgIpc) is 3.20. The van der Waals surface area contributed by atoms with E-state index < -0.39 is 24.0 Å². The molecule has 0 saturated carbocycles. The molecule has 0 aliphatic heterocycles. The molecule has 168 valence electrons. The van der Waals surface area contributed by atoms with Crippen molar-refractivity contribution >= 4 is 54.5 Å². The SMILES string of the molecule is CCOC(=O)c1nn(-c2cccc(Br)c2)c(=O)cc1OCC(=O)Nc1nc2ccccc2s1. The lowest BCUT2D eigenvalue weighted by atomic mass is 10.3. The lowest BCUT2D eigenvalue weighted by molar-refractivity contribution is -0.118. The van der Waals surface area contributed by atoms with Gasteiger partial charge in [-0.1, -0.05) is 45.5 Å². The minimum atomic E-state index is -0.775. The molecule has 0 fully saturated rings. The van der Waals surface area contributed by atoms with Gasteiger partial charge in [-0.3, -0.25) is 14.9 Å². The number of halogens is 1. The molecule has 0 atom stereocenters. The Hall–Kier alpha value is -3.57. The molecule has 9 nitrogen and oxygen atoms in total. The Kier molecular flexibility index (Phi) is 6.80. The molecule has 0 spiro atoms. The van der Waals surface area contributed by atoms with Crippen molar-refractivity contribution in [3.8, 4) is 11.4 Å². The molecule has 4 aromatic rings. The van der Waals surface area contributed by atoms with Crippen LogP contribution < -0.4 is 15.6 Å². The Morgan fingerprint density at radius 1 is 1.15 bits per heavy atom. The highest BCUT2D eigenvalue weighted by Crippen LogP contribution is 2.25. The second-order valence-corrected chi connectivity index (χ2v) is 8.58. The number of para-hydroxylation sites is 1. The van der Waals surface area contributed by atoms with E-state index in [2.05, 4.69) is 31.3 Å². The number of carbonyl (C=O) groups excluding carboxylic acids is 2. The highest BCUT2D eigenvalue weighted by Gasteiger charge is 2.21. The topological polar surface area (TPSA) is 112 Å². The van der Waals surface area contributed by atoms with Gasteiger partial charge in [-0.05, 0) is 37.3 Å². The summed E-state index contributed by atoms with van der Waals surface area (Å²) in [5.41, 5.74) is 0.454. The normalized spacial score (nSPS) is 10.7. The van der Waals surface area contributed by atoms with Gasteiger partial charge < -0.3 is 9.47 Å². The van der Waals surface area contributed by atoms with E-state index >= 15 is 0 Å². The molecule has 2 aromatic heterocycles. The average molecular weight is 529 g/mol. The van der Waals surface area contributed by atoms with Gasteiger partial charge in [-0.15, -0.1) is 0 Å². The highest BCUT2D eigenvalue weighted by atomic mass is 79.9. The summed E-state index contributed by atoms with van der Waals surface area (Å²) in [7, 11) is 0. The highest BCUT2D eigenvalue weighted by molar-refractivity contribution is 9.10. The molecule has 0 bridgehead atoms. The molecule has 0 radical (unpaired) electrons. The van der Waals surface area contributed by atoms with Gasteiger partial charge in [0.2, 0.25) is 5.69 Å². The van der Waals surface area contributed by atoms with Gasteiger partial charge in [-0.25, -0.2) is 9.78 Å². The minimum absolute atomic E-state index is 0.105. The summed E-state index contributed by atoms with van der Waals surface area (Å²) in [6.45, 7) is 1.30. The van der Waals surface area contributed by atoms with Crippen LogP contribution in [0.4, 0.5) is 5.13 Å². The fraction of sp³-hybridized carbons (Fsp3) is 0.136. The monoisotopic (exact) mass is 528 g/mol. The summed E-state index contributed by atoms with van der Waals surface area (Å²) in [4.78, 5) is 41.8. The molecule has 4 rings (SSSR count). The van der Waals surface area contributed by atoms with Gasteiger partial charge in [0.1, 0.15) is 0 Å². The van der Waals surface area contributed by atoms with E-state index in [9.17, 15) is 14.4 Å². The smallest absolute Gasteiger partial charge is 0.362 e. The van der Waals surface area contributed by atoms with Gasteiger partial charge in [0, 0.05) is 4.47 Å². The molecule has 33 heavy (non-hydrogen) atoms. The van der Waals surface area contributed by atoms with Crippen LogP contribution in [-0.2, 0) is 9.53 Å². The summed E-state index contributed by atoms with van der Waals surface area (Å²) in [5, 5.41) is 7.20. The van der Waals surface area contributed by atoms with Crippen molar-refractivity contribution in [1.29, 1.82) is 0 Å². The van der Waals surface area contributed by atoms with Gasteiger partial charge in [0.15, 0.2) is 17.5 Å². The second-order valence-electron chi connectivity index (χ2n) is 6.63. The number of fused-ring (bicyclic) bond motifs is 1. The first-order chi connectivity index (χ1) is 15.9. The Bertz CT molecular complexity index is 1370. The van der Waals surface area contributed by atoms with Crippen molar-refractivity contribution < 1.29 is 19.1 Å². The standard InChI is InChI=1S/C22H17BrN4O5S/c1-2-31-21(30)20-16(11-19(29)27(26-20)14-7-5-6-13(23)10-14)32-12-18(28)25-22-24-15-8-3-4-9-17(15)33-22/h3-11H,2,12H2,1H3,(H,24,25,28). The number of amides is 1. The number of aromatic nitrogens is 3. The molecular weight excluding hydrogens is 512 g/mol. The third-order valence-electron chi connectivity index (χ3n) is 4.32. The van der Waals surface area contributed by atoms with Crippen LogP contribution in [0.15, 0.2) is 63.9 Å². The van der Waals surface area contributed by atoms with Gasteiger partial charge in [0.25, 0.3) is 11.5 Å². The van der Waals surface area contributed by atoms with E-state index in [0.29, 0.717) is 10.8 Å². The Morgan fingerprint density at radius 3 is 2.73 bits per heavy atom. The molecule has 2 heterocycles. The van der Waals surface area contributed by atoms with E-state index in [1.165, 1.54) is 11.3 Å². The first-order valence-corrected chi connectivity index (χ1v) is 11.4. The fourth-order valence-electron chi connectivity index (χ4n) is 2.91. The zero-order chi connectivity index (χ0) is 23.4. The Labute approximate surface area is 200 Å². The third kappa shape index (κ3) is 5.26. The number of benzene rings is 2. The molecule has 1 N–H and O–H groups in total. The van der Waals surface area contributed by atoms with E-state index in [1.807, 2.05) is 24.3 Å². The van der Waals surface area contributed by atoms with Crippen LogP contribution in [0.2, 0.25) is 0 Å². The number of esters is 1. The zero-order valence-corrected chi connectivity index (χ0v) is 19.7. The number of hydrogen-bond donors (Lipinski definition) is 1. The lowest BCUT2D eigenvalue weighted by Crippen LogP contribution is -2.27. The van der Waals surface area contributed by atoms with E-state index in [-0.39, 0.29) is 18.1 Å².